The first-order valence-corrected chi connectivity index (χ1v) is 3.66. The van der Waals surface area contributed by atoms with E-state index in [4.69, 9.17) is 5.73 Å². The van der Waals surface area contributed by atoms with E-state index < -0.39 is 6.17 Å². The van der Waals surface area contributed by atoms with Crippen LogP contribution >= 0.6 is 0 Å². The number of anilines is 1. The number of fused-ring (bicyclic) bond motifs is 1. The lowest BCUT2D eigenvalue weighted by molar-refractivity contribution is 0.230. The summed E-state index contributed by atoms with van der Waals surface area (Å²) < 4.78 is 0. The third-order valence-corrected chi connectivity index (χ3v) is 1.79. The van der Waals surface area contributed by atoms with E-state index in [1.807, 2.05) is 18.2 Å². The minimum absolute atomic E-state index is 0.493. The molecule has 0 fully saturated rings. The minimum atomic E-state index is -0.493. The van der Waals surface area contributed by atoms with Crippen molar-refractivity contribution in [1.82, 2.24) is 4.98 Å². The Morgan fingerprint density at radius 2 is 2.42 bits per heavy atom. The van der Waals surface area contributed by atoms with Gasteiger partial charge in [0.05, 0.1) is 0 Å². The number of hydrogen-bond donors (Lipinski definition) is 2. The SMILES string of the molecule is NC1C=Cc2cccnc2N1O. The molecule has 12 heavy (non-hydrogen) atoms. The zero-order chi connectivity index (χ0) is 8.55. The van der Waals surface area contributed by atoms with Gasteiger partial charge in [0, 0.05) is 11.8 Å². The van der Waals surface area contributed by atoms with Crippen molar-refractivity contribution in [3.05, 3.63) is 30.0 Å². The van der Waals surface area contributed by atoms with Crippen molar-refractivity contribution >= 4 is 11.9 Å². The Hall–Kier alpha value is -1.39. The maximum atomic E-state index is 9.42. The molecule has 0 aromatic carbocycles. The average molecular weight is 163 g/mol. The molecule has 4 heteroatoms. The molecule has 0 radical (unpaired) electrons. The minimum Gasteiger partial charge on any atom is -0.306 e. The van der Waals surface area contributed by atoms with Gasteiger partial charge in [-0.25, -0.2) is 10.0 Å². The highest BCUT2D eigenvalue weighted by atomic mass is 16.5. The molecule has 0 spiro atoms. The third-order valence-electron chi connectivity index (χ3n) is 1.79. The first-order chi connectivity index (χ1) is 5.79. The second-order valence-electron chi connectivity index (χ2n) is 2.61. The lowest BCUT2D eigenvalue weighted by atomic mass is 10.2. The largest absolute Gasteiger partial charge is 0.306 e. The fourth-order valence-electron chi connectivity index (χ4n) is 1.16. The fraction of sp³-hybridized carbons (Fsp3) is 0.125. The molecule has 0 bridgehead atoms. The van der Waals surface area contributed by atoms with Gasteiger partial charge in [0.1, 0.15) is 6.17 Å². The number of pyridine rings is 1. The van der Waals surface area contributed by atoms with Crippen LogP contribution in [0.5, 0.6) is 0 Å². The summed E-state index contributed by atoms with van der Waals surface area (Å²) in [4.78, 5) is 4.00. The number of aromatic nitrogens is 1. The quantitative estimate of drug-likeness (QED) is 0.587. The van der Waals surface area contributed by atoms with E-state index in [0.717, 1.165) is 10.6 Å². The highest BCUT2D eigenvalue weighted by Gasteiger charge is 2.17. The molecule has 0 aliphatic carbocycles. The van der Waals surface area contributed by atoms with Gasteiger partial charge in [0.25, 0.3) is 0 Å². The molecule has 1 aliphatic rings. The number of rotatable bonds is 0. The molecular weight excluding hydrogens is 154 g/mol. The molecule has 1 unspecified atom stereocenters. The number of nitrogens with zero attached hydrogens (tertiary/aromatic N) is 2. The van der Waals surface area contributed by atoms with Gasteiger partial charge in [-0.1, -0.05) is 6.08 Å². The predicted molar refractivity (Wildman–Crippen MR) is 45.5 cm³/mol. The second-order valence-corrected chi connectivity index (χ2v) is 2.61. The maximum Gasteiger partial charge on any atom is 0.161 e. The molecule has 1 aromatic rings. The number of hydroxylamine groups is 1. The molecule has 1 aromatic heterocycles. The summed E-state index contributed by atoms with van der Waals surface area (Å²) in [6, 6.07) is 3.68. The monoisotopic (exact) mass is 163 g/mol. The van der Waals surface area contributed by atoms with Gasteiger partial charge in [0.2, 0.25) is 0 Å². The topological polar surface area (TPSA) is 62.4 Å². The van der Waals surface area contributed by atoms with Crippen LogP contribution < -0.4 is 10.8 Å². The van der Waals surface area contributed by atoms with Gasteiger partial charge in [0.15, 0.2) is 5.82 Å². The second kappa shape index (κ2) is 2.58. The van der Waals surface area contributed by atoms with Crippen molar-refractivity contribution in [1.29, 1.82) is 0 Å². The third kappa shape index (κ3) is 0.975. The molecule has 2 rings (SSSR count). The molecular formula is C8H9N3O. The lowest BCUT2D eigenvalue weighted by Crippen LogP contribution is -2.40. The number of nitrogens with two attached hydrogens (primary N) is 1. The van der Waals surface area contributed by atoms with E-state index in [9.17, 15) is 5.21 Å². The lowest BCUT2D eigenvalue weighted by Gasteiger charge is -2.25. The summed E-state index contributed by atoms with van der Waals surface area (Å²) in [5, 5.41) is 10.4. The van der Waals surface area contributed by atoms with E-state index >= 15 is 0 Å². The maximum absolute atomic E-state index is 9.42. The van der Waals surface area contributed by atoms with Crippen LogP contribution in [0.15, 0.2) is 24.4 Å². The molecule has 0 amide bonds. The van der Waals surface area contributed by atoms with Crippen molar-refractivity contribution < 1.29 is 5.21 Å². The Morgan fingerprint density at radius 3 is 3.25 bits per heavy atom. The molecule has 0 saturated carbocycles. The summed E-state index contributed by atoms with van der Waals surface area (Å²) in [5.74, 6) is 0.507. The van der Waals surface area contributed by atoms with Crippen LogP contribution in [0.4, 0.5) is 5.82 Å². The molecule has 62 valence electrons. The summed E-state index contributed by atoms with van der Waals surface area (Å²) >= 11 is 0. The van der Waals surface area contributed by atoms with Crippen molar-refractivity contribution in [3.63, 3.8) is 0 Å². The predicted octanol–water partition coefficient (Wildman–Crippen LogP) is 0.589. The van der Waals surface area contributed by atoms with Crippen molar-refractivity contribution in [3.8, 4) is 0 Å². The van der Waals surface area contributed by atoms with E-state index in [1.165, 1.54) is 0 Å². The van der Waals surface area contributed by atoms with Crippen molar-refractivity contribution in [2.24, 2.45) is 5.73 Å². The zero-order valence-corrected chi connectivity index (χ0v) is 6.38. The van der Waals surface area contributed by atoms with Crippen LogP contribution in [-0.2, 0) is 0 Å². The molecule has 3 N–H and O–H groups in total. The van der Waals surface area contributed by atoms with Crippen LogP contribution in [0.3, 0.4) is 0 Å². The van der Waals surface area contributed by atoms with Gasteiger partial charge in [-0.15, -0.1) is 0 Å². The Labute approximate surface area is 69.9 Å². The van der Waals surface area contributed by atoms with E-state index in [-0.39, 0.29) is 0 Å². The van der Waals surface area contributed by atoms with E-state index in [1.54, 1.807) is 12.3 Å². The summed E-state index contributed by atoms with van der Waals surface area (Å²) in [7, 11) is 0. The fourth-order valence-corrected chi connectivity index (χ4v) is 1.16. The van der Waals surface area contributed by atoms with Crippen LogP contribution in [0, 0.1) is 0 Å². The van der Waals surface area contributed by atoms with E-state index in [0.29, 0.717) is 5.82 Å². The van der Waals surface area contributed by atoms with Crippen LogP contribution in [-0.4, -0.2) is 16.4 Å². The Kier molecular flexibility index (Phi) is 1.56. The Morgan fingerprint density at radius 1 is 1.58 bits per heavy atom. The molecule has 2 heterocycles. The number of hydrogen-bond acceptors (Lipinski definition) is 4. The highest BCUT2D eigenvalue weighted by Crippen LogP contribution is 2.22. The van der Waals surface area contributed by atoms with Gasteiger partial charge < -0.3 is 5.73 Å². The van der Waals surface area contributed by atoms with Gasteiger partial charge in [-0.3, -0.25) is 5.21 Å². The molecule has 1 atom stereocenters. The normalized spacial score (nSPS) is 20.8. The van der Waals surface area contributed by atoms with Gasteiger partial charge in [-0.05, 0) is 18.2 Å². The highest BCUT2D eigenvalue weighted by molar-refractivity contribution is 5.67. The molecule has 1 aliphatic heterocycles. The van der Waals surface area contributed by atoms with Crippen LogP contribution in [0.1, 0.15) is 5.56 Å². The van der Waals surface area contributed by atoms with Crippen LogP contribution in [0.2, 0.25) is 0 Å². The smallest absolute Gasteiger partial charge is 0.161 e. The van der Waals surface area contributed by atoms with Gasteiger partial charge >= 0.3 is 0 Å². The van der Waals surface area contributed by atoms with Crippen molar-refractivity contribution in [2.75, 3.05) is 5.06 Å². The summed E-state index contributed by atoms with van der Waals surface area (Å²) in [5.41, 5.74) is 6.42. The Balaban J connectivity index is 2.52. The van der Waals surface area contributed by atoms with Crippen LogP contribution in [0.25, 0.3) is 6.08 Å². The van der Waals surface area contributed by atoms with Crippen molar-refractivity contribution in [2.45, 2.75) is 6.17 Å². The molecule has 0 saturated heterocycles. The summed E-state index contributed by atoms with van der Waals surface area (Å²) in [6.07, 6.45) is 4.69. The molecule has 4 nitrogen and oxygen atoms in total. The first kappa shape index (κ1) is 7.27. The standard InChI is InChI=1S/C8H9N3O/c9-7-4-3-6-2-1-5-10-8(6)11(7)12/h1-5,7,12H,9H2. The zero-order valence-electron chi connectivity index (χ0n) is 6.38. The average Bonchev–Trinajstić information content (AvgIpc) is 2.12. The van der Waals surface area contributed by atoms with Gasteiger partial charge in [-0.2, -0.15) is 0 Å². The first-order valence-electron chi connectivity index (χ1n) is 3.66. The van der Waals surface area contributed by atoms with E-state index in [2.05, 4.69) is 4.98 Å². The Bertz CT molecular complexity index is 324. The summed E-state index contributed by atoms with van der Waals surface area (Å²) in [6.45, 7) is 0.